The molecule has 0 bridgehead atoms. The topological polar surface area (TPSA) is 61.8 Å². The molecule has 5 nitrogen and oxygen atoms in total. The highest BCUT2D eigenvalue weighted by atomic mass is 28.4. The van der Waals surface area contributed by atoms with Gasteiger partial charge in [0, 0.05) is 6.92 Å². The van der Waals surface area contributed by atoms with E-state index in [0.29, 0.717) is 23.7 Å². The van der Waals surface area contributed by atoms with Gasteiger partial charge in [-0.05, 0) is 57.4 Å². The molecule has 4 aromatic carbocycles. The molecule has 4 rings (SSSR count). The molecule has 4 aromatic rings. The van der Waals surface area contributed by atoms with E-state index >= 15 is 0 Å². The minimum atomic E-state index is -2.65. The molecule has 0 radical (unpaired) electrons. The van der Waals surface area contributed by atoms with Crippen LogP contribution in [-0.4, -0.2) is 20.3 Å². The highest BCUT2D eigenvalue weighted by Gasteiger charge is 2.50. The molecule has 6 heteroatoms. The van der Waals surface area contributed by atoms with E-state index in [0.717, 1.165) is 5.56 Å². The number of rotatable bonds is 8. The van der Waals surface area contributed by atoms with Crippen LogP contribution >= 0.6 is 0 Å². The molecule has 0 heterocycles. The Labute approximate surface area is 225 Å². The lowest BCUT2D eigenvalue weighted by molar-refractivity contribution is -0.131. The quantitative estimate of drug-likeness (QED) is 0.163. The van der Waals surface area contributed by atoms with E-state index in [-0.39, 0.29) is 5.04 Å². The van der Waals surface area contributed by atoms with E-state index in [4.69, 9.17) is 13.9 Å². The van der Waals surface area contributed by atoms with Gasteiger partial charge >= 0.3 is 11.9 Å². The van der Waals surface area contributed by atoms with Gasteiger partial charge < -0.3 is 13.9 Å². The Bertz CT molecular complexity index is 1320. The van der Waals surface area contributed by atoms with Crippen LogP contribution in [0.4, 0.5) is 0 Å². The van der Waals surface area contributed by atoms with E-state index < -0.39 is 20.3 Å². The summed E-state index contributed by atoms with van der Waals surface area (Å²) in [7, 11) is -2.65. The first-order chi connectivity index (χ1) is 18.2. The smallest absolute Gasteiger partial charge is 0.343 e. The van der Waals surface area contributed by atoms with Crippen LogP contribution in [0.5, 0.6) is 11.5 Å². The zero-order valence-electron chi connectivity index (χ0n) is 22.1. The molecule has 0 unspecified atom stereocenters. The molecule has 0 saturated carbocycles. The lowest BCUT2D eigenvalue weighted by Crippen LogP contribution is -2.66. The molecular formula is C32H32O5Si. The average molecular weight is 525 g/mol. The Morgan fingerprint density at radius 1 is 0.658 bits per heavy atom. The number of carbonyl (C=O) groups excluding carboxylic acids is 2. The van der Waals surface area contributed by atoms with E-state index in [1.54, 1.807) is 36.4 Å². The summed E-state index contributed by atoms with van der Waals surface area (Å²) >= 11 is 0. The molecule has 0 aliphatic rings. The van der Waals surface area contributed by atoms with Crippen LogP contribution in [0.15, 0.2) is 109 Å². The minimum absolute atomic E-state index is 0.115. The van der Waals surface area contributed by atoms with Crippen molar-refractivity contribution in [2.24, 2.45) is 0 Å². The van der Waals surface area contributed by atoms with Crippen LogP contribution in [0.25, 0.3) is 0 Å². The van der Waals surface area contributed by atoms with Crippen LogP contribution in [0.1, 0.15) is 43.6 Å². The predicted octanol–water partition coefficient (Wildman–Crippen LogP) is 5.91. The summed E-state index contributed by atoms with van der Waals surface area (Å²) in [6.07, 6.45) is 0. The molecule has 0 aromatic heterocycles. The Balaban J connectivity index is 1.51. The second kappa shape index (κ2) is 11.6. The molecule has 0 amide bonds. The van der Waals surface area contributed by atoms with Crippen molar-refractivity contribution in [3.63, 3.8) is 0 Å². The van der Waals surface area contributed by atoms with Crippen molar-refractivity contribution >= 4 is 30.6 Å². The Kier molecular flexibility index (Phi) is 8.25. The van der Waals surface area contributed by atoms with Gasteiger partial charge in [-0.25, -0.2) is 4.79 Å². The van der Waals surface area contributed by atoms with E-state index in [9.17, 15) is 9.59 Å². The summed E-state index contributed by atoms with van der Waals surface area (Å²) in [5.41, 5.74) is 1.35. The van der Waals surface area contributed by atoms with E-state index in [1.165, 1.54) is 17.3 Å². The molecule has 0 saturated heterocycles. The van der Waals surface area contributed by atoms with Crippen LogP contribution in [0, 0.1) is 0 Å². The largest absolute Gasteiger partial charge is 0.427 e. The number of hydrogen-bond acceptors (Lipinski definition) is 5. The number of ether oxygens (including phenoxy) is 2. The molecule has 0 fully saturated rings. The van der Waals surface area contributed by atoms with Crippen molar-refractivity contribution in [3.8, 4) is 11.5 Å². The van der Waals surface area contributed by atoms with Gasteiger partial charge in [0.2, 0.25) is 0 Å². The lowest BCUT2D eigenvalue weighted by Gasteiger charge is -2.43. The second-order valence-corrected chi connectivity index (χ2v) is 14.4. The molecule has 0 N–H and O–H groups in total. The van der Waals surface area contributed by atoms with Crippen LogP contribution in [-0.2, 0) is 15.8 Å². The molecule has 0 aliphatic heterocycles. The number of esters is 2. The molecule has 0 atom stereocenters. The van der Waals surface area contributed by atoms with Crippen LogP contribution in [0.2, 0.25) is 5.04 Å². The maximum Gasteiger partial charge on any atom is 0.343 e. The Morgan fingerprint density at radius 2 is 1.13 bits per heavy atom. The van der Waals surface area contributed by atoms with Gasteiger partial charge in [0.1, 0.15) is 11.5 Å². The highest BCUT2D eigenvalue weighted by molar-refractivity contribution is 6.99. The van der Waals surface area contributed by atoms with Crippen molar-refractivity contribution in [1.29, 1.82) is 0 Å². The molecule has 194 valence electrons. The van der Waals surface area contributed by atoms with Crippen molar-refractivity contribution in [2.45, 2.75) is 39.3 Å². The summed E-state index contributed by atoms with van der Waals surface area (Å²) < 4.78 is 17.5. The minimum Gasteiger partial charge on any atom is -0.427 e. The van der Waals surface area contributed by atoms with Gasteiger partial charge in [-0.15, -0.1) is 0 Å². The predicted molar refractivity (Wildman–Crippen MR) is 152 cm³/mol. The number of benzene rings is 4. The lowest BCUT2D eigenvalue weighted by atomic mass is 10.2. The SMILES string of the molecule is CC(=O)Oc1ccc(C(=O)Oc2ccc(CO[Si](c3ccccc3)(c3ccccc3)C(C)(C)C)cc2)cc1. The van der Waals surface area contributed by atoms with E-state index in [1.807, 2.05) is 24.3 Å². The summed E-state index contributed by atoms with van der Waals surface area (Å²) in [4.78, 5) is 23.6. The molecule has 38 heavy (non-hydrogen) atoms. The monoisotopic (exact) mass is 524 g/mol. The van der Waals surface area contributed by atoms with Gasteiger partial charge in [0.05, 0.1) is 12.2 Å². The zero-order valence-corrected chi connectivity index (χ0v) is 23.1. The summed E-state index contributed by atoms with van der Waals surface area (Å²) in [6.45, 7) is 8.51. The van der Waals surface area contributed by atoms with Gasteiger partial charge in [-0.3, -0.25) is 4.79 Å². The second-order valence-electron chi connectivity index (χ2n) is 10.1. The molecular weight excluding hydrogens is 492 g/mol. The van der Waals surface area contributed by atoms with Crippen LogP contribution in [0.3, 0.4) is 0 Å². The molecule has 0 spiro atoms. The zero-order chi connectivity index (χ0) is 27.2. The third-order valence-corrected chi connectivity index (χ3v) is 11.3. The Hall–Kier alpha value is -4.00. The van der Waals surface area contributed by atoms with Gasteiger partial charge in [0.15, 0.2) is 0 Å². The normalized spacial score (nSPS) is 11.6. The first kappa shape index (κ1) is 27.0. The van der Waals surface area contributed by atoms with Crippen LogP contribution < -0.4 is 19.8 Å². The first-order valence-corrected chi connectivity index (χ1v) is 14.4. The Morgan fingerprint density at radius 3 is 1.61 bits per heavy atom. The summed E-state index contributed by atoms with van der Waals surface area (Å²) in [6, 6.07) is 34.7. The third kappa shape index (κ3) is 6.10. The number of carbonyl (C=O) groups is 2. The number of hydrogen-bond donors (Lipinski definition) is 0. The van der Waals surface area contributed by atoms with E-state index in [2.05, 4.69) is 69.3 Å². The fourth-order valence-corrected chi connectivity index (χ4v) is 9.14. The fourth-order valence-electron chi connectivity index (χ4n) is 4.60. The first-order valence-electron chi connectivity index (χ1n) is 12.5. The van der Waals surface area contributed by atoms with Crippen molar-refractivity contribution < 1.29 is 23.5 Å². The third-order valence-electron chi connectivity index (χ3n) is 6.36. The molecule has 0 aliphatic carbocycles. The highest BCUT2D eigenvalue weighted by Crippen LogP contribution is 2.37. The summed E-state index contributed by atoms with van der Waals surface area (Å²) in [5.74, 6) is -0.0948. The maximum absolute atomic E-state index is 12.6. The standard InChI is InChI=1S/C32H32O5Si/c1-24(33)36-27-21-17-26(18-22-27)31(34)37-28-19-15-25(16-20-28)23-35-38(32(2,3)4,29-11-7-5-8-12-29)30-13-9-6-10-14-30/h5-22H,23H2,1-4H3. The van der Waals surface area contributed by atoms with Gasteiger partial charge in [0.25, 0.3) is 8.32 Å². The van der Waals surface area contributed by atoms with Crippen molar-refractivity contribution in [1.82, 2.24) is 0 Å². The van der Waals surface area contributed by atoms with Gasteiger partial charge in [-0.1, -0.05) is 93.6 Å². The van der Waals surface area contributed by atoms with Gasteiger partial charge in [-0.2, -0.15) is 0 Å². The summed E-state index contributed by atoms with van der Waals surface area (Å²) in [5, 5.41) is 2.34. The fraction of sp³-hybridized carbons (Fsp3) is 0.188. The average Bonchev–Trinajstić information content (AvgIpc) is 2.90. The van der Waals surface area contributed by atoms with Crippen molar-refractivity contribution in [3.05, 3.63) is 120 Å². The van der Waals surface area contributed by atoms with Crippen molar-refractivity contribution in [2.75, 3.05) is 0 Å². The maximum atomic E-state index is 12.6.